The van der Waals surface area contributed by atoms with Gasteiger partial charge in [0.25, 0.3) is 19.4 Å². The van der Waals surface area contributed by atoms with Gasteiger partial charge < -0.3 is 0 Å². The minimum atomic E-state index is -0.735. The van der Waals surface area contributed by atoms with E-state index in [2.05, 4.69) is 0 Å². The van der Waals surface area contributed by atoms with Crippen molar-refractivity contribution >= 4 is 0 Å². The Morgan fingerprint density at radius 1 is 0.700 bits per heavy atom. The summed E-state index contributed by atoms with van der Waals surface area (Å²) in [6.45, 7) is -2.15. The van der Waals surface area contributed by atoms with Crippen molar-refractivity contribution in [3.8, 4) is 0 Å². The molecule has 0 aromatic carbocycles. The van der Waals surface area contributed by atoms with Gasteiger partial charge in [-0.15, -0.1) is 0 Å². The van der Waals surface area contributed by atoms with Gasteiger partial charge in [0.15, 0.2) is 0 Å². The van der Waals surface area contributed by atoms with Gasteiger partial charge in [0.05, 0.1) is 0 Å². The van der Waals surface area contributed by atoms with Gasteiger partial charge in [-0.05, 0) is 0 Å². The normalized spacial score (nSPS) is 52.2. The van der Waals surface area contributed by atoms with E-state index in [1.807, 2.05) is 0 Å². The van der Waals surface area contributed by atoms with Crippen LogP contribution in [0.1, 0.15) is 0 Å². The van der Waals surface area contributed by atoms with E-state index >= 15 is 0 Å². The molecule has 0 atom stereocenters. The minimum absolute atomic E-state index is 0.0590. The molecule has 0 saturated carbocycles. The molecule has 4 fully saturated rings. The largest absolute Gasteiger partial charge is 0.382 e. The van der Waals surface area contributed by atoms with Crippen LogP contribution < -0.4 is 0 Å². The summed E-state index contributed by atoms with van der Waals surface area (Å²) < 4.78 is 28.8. The van der Waals surface area contributed by atoms with Crippen molar-refractivity contribution in [3.05, 3.63) is 6.48 Å². The first-order valence-electron chi connectivity index (χ1n) is 2.73. The highest BCUT2D eigenvalue weighted by molar-refractivity contribution is 4.62. The molecular weight excluding hydrogens is 144 g/mol. The summed E-state index contributed by atoms with van der Waals surface area (Å²) in [5.74, 6) is 0. The second-order valence-corrected chi connectivity index (χ2v) is 1.88. The van der Waals surface area contributed by atoms with E-state index in [0.29, 0.717) is 0 Å². The Hall–Kier alpha value is -0.240. The monoisotopic (exact) mass is 147 g/mol. The van der Waals surface area contributed by atoms with E-state index in [9.17, 15) is 0 Å². The van der Waals surface area contributed by atoms with Gasteiger partial charge in [-0.1, -0.05) is 0 Å². The first-order valence-corrected chi connectivity index (χ1v) is 2.73. The van der Waals surface area contributed by atoms with Crippen molar-refractivity contribution in [2.45, 2.75) is 19.4 Å². The van der Waals surface area contributed by atoms with Gasteiger partial charge >= 0.3 is 6.48 Å². The smallest absolute Gasteiger partial charge is 0.274 e. The number of hydrogen-bond donors (Lipinski definition) is 0. The molecule has 1 radical (unpaired) electrons. The molecule has 0 aliphatic carbocycles. The van der Waals surface area contributed by atoms with Crippen molar-refractivity contribution in [3.63, 3.8) is 0 Å². The Morgan fingerprint density at radius 3 is 1.40 bits per heavy atom. The molecule has 55 valence electrons. The zero-order valence-electron chi connectivity index (χ0n) is 4.68. The molecule has 4 bridgehead atoms. The average Bonchev–Trinajstić information content (AvgIpc) is 1.82. The summed E-state index contributed by atoms with van der Waals surface area (Å²) in [5.41, 5.74) is 0. The zero-order chi connectivity index (χ0) is 6.55. The fourth-order valence-corrected chi connectivity index (χ4v) is 0.854. The molecule has 4 saturated heterocycles. The van der Waals surface area contributed by atoms with Crippen LogP contribution in [0.3, 0.4) is 0 Å². The van der Waals surface area contributed by atoms with Gasteiger partial charge in [-0.25, -0.2) is 0 Å². The third kappa shape index (κ3) is 0.628. The van der Waals surface area contributed by atoms with Crippen LogP contribution in [0, 0.1) is 6.48 Å². The lowest BCUT2D eigenvalue weighted by atomic mass is 10.8. The summed E-state index contributed by atoms with van der Waals surface area (Å²) >= 11 is 0. The van der Waals surface area contributed by atoms with Gasteiger partial charge in [0.1, 0.15) is 0 Å². The lowest BCUT2D eigenvalue weighted by Gasteiger charge is -2.45. The fraction of sp³-hybridized carbons (Fsp3) is 0.750. The summed E-state index contributed by atoms with van der Waals surface area (Å²) in [5, 5.41) is 0. The second-order valence-electron chi connectivity index (χ2n) is 1.88. The van der Waals surface area contributed by atoms with Crippen molar-refractivity contribution in [1.29, 1.82) is 0 Å². The average molecular weight is 147 g/mol. The van der Waals surface area contributed by atoms with Crippen molar-refractivity contribution in [1.82, 2.24) is 0 Å². The van der Waals surface area contributed by atoms with Gasteiger partial charge in [-0.2, -0.15) is 0 Å². The van der Waals surface area contributed by atoms with E-state index in [4.69, 9.17) is 28.4 Å². The standard InChI is InChI=1S/C4H3O6/c5-1-6-3-8-2(5)9-4(7-1)10-3/h1-3H. The Labute approximate surface area is 55.5 Å². The number of rotatable bonds is 0. The summed E-state index contributed by atoms with van der Waals surface area (Å²) in [6.07, 6.45) is 0. The third-order valence-corrected chi connectivity index (χ3v) is 1.24. The van der Waals surface area contributed by atoms with Gasteiger partial charge in [-0.3, -0.25) is 28.4 Å². The van der Waals surface area contributed by atoms with Gasteiger partial charge in [0.2, 0.25) is 0 Å². The topological polar surface area (TPSA) is 55.4 Å². The van der Waals surface area contributed by atoms with E-state index in [1.54, 1.807) is 0 Å². The second kappa shape index (κ2) is 1.67. The van der Waals surface area contributed by atoms with Crippen molar-refractivity contribution in [2.75, 3.05) is 0 Å². The van der Waals surface area contributed by atoms with Crippen LogP contribution in [-0.4, -0.2) is 19.4 Å². The van der Waals surface area contributed by atoms with E-state index in [-0.39, 0.29) is 6.48 Å². The van der Waals surface area contributed by atoms with Gasteiger partial charge in [0, 0.05) is 0 Å². The first-order chi connectivity index (χ1) is 4.90. The van der Waals surface area contributed by atoms with Crippen LogP contribution in [0.2, 0.25) is 0 Å². The van der Waals surface area contributed by atoms with Crippen molar-refractivity contribution < 1.29 is 28.4 Å². The molecule has 0 spiro atoms. The van der Waals surface area contributed by atoms with E-state index in [1.165, 1.54) is 0 Å². The van der Waals surface area contributed by atoms with Crippen LogP contribution in [-0.2, 0) is 28.4 Å². The van der Waals surface area contributed by atoms with E-state index in [0.717, 1.165) is 0 Å². The highest BCUT2D eigenvalue weighted by Gasteiger charge is 2.49. The highest BCUT2D eigenvalue weighted by Crippen LogP contribution is 2.36. The van der Waals surface area contributed by atoms with Crippen LogP contribution >= 0.6 is 0 Å². The lowest BCUT2D eigenvalue weighted by molar-refractivity contribution is -0.637. The van der Waals surface area contributed by atoms with Crippen LogP contribution in [0.15, 0.2) is 0 Å². The molecule has 4 rings (SSSR count). The zero-order valence-corrected chi connectivity index (χ0v) is 4.68. The lowest BCUT2D eigenvalue weighted by Crippen LogP contribution is -2.55. The molecule has 6 heteroatoms. The highest BCUT2D eigenvalue weighted by atomic mass is 17.2. The first kappa shape index (κ1) is 5.42. The molecule has 4 aliphatic rings. The molecule has 0 N–H and O–H groups in total. The number of ether oxygens (including phenoxy) is 6. The third-order valence-electron chi connectivity index (χ3n) is 1.24. The Morgan fingerprint density at radius 2 is 1.10 bits per heavy atom. The summed E-state index contributed by atoms with van der Waals surface area (Å²) in [4.78, 5) is 0. The minimum Gasteiger partial charge on any atom is -0.274 e. The molecule has 6 nitrogen and oxygen atoms in total. The maximum atomic E-state index is 4.83. The number of hydrogen-bond acceptors (Lipinski definition) is 6. The van der Waals surface area contributed by atoms with Crippen LogP contribution in [0.5, 0.6) is 0 Å². The predicted octanol–water partition coefficient (Wildman–Crippen LogP) is -0.575. The molecule has 0 unspecified atom stereocenters. The fourth-order valence-electron chi connectivity index (χ4n) is 0.854. The Kier molecular flexibility index (Phi) is 0.906. The van der Waals surface area contributed by atoms with Crippen LogP contribution in [0.4, 0.5) is 0 Å². The quantitative estimate of drug-likeness (QED) is 0.457. The molecule has 4 aliphatic heterocycles. The van der Waals surface area contributed by atoms with Crippen LogP contribution in [0.25, 0.3) is 0 Å². The Bertz CT molecular complexity index is 101. The predicted molar refractivity (Wildman–Crippen MR) is 21.1 cm³/mol. The molecule has 4 heterocycles. The maximum Gasteiger partial charge on any atom is 0.382 e. The molecule has 0 aromatic heterocycles. The molecule has 10 heavy (non-hydrogen) atoms. The molecule has 0 aromatic rings. The maximum absolute atomic E-state index is 4.83. The summed E-state index contributed by atoms with van der Waals surface area (Å²) in [7, 11) is 0. The SMILES string of the molecule is O1[C]2OC3OC1OC(O2)O3. The van der Waals surface area contributed by atoms with E-state index < -0.39 is 19.4 Å². The Balaban J connectivity index is 1.90. The van der Waals surface area contributed by atoms with Crippen molar-refractivity contribution in [2.24, 2.45) is 0 Å². The molecular formula is C4H3O6. The summed E-state index contributed by atoms with van der Waals surface area (Å²) in [6, 6.07) is 0. The molecule has 0 amide bonds.